The number of benzene rings is 1. The van der Waals surface area contributed by atoms with Gasteiger partial charge in [-0.2, -0.15) is 0 Å². The Morgan fingerprint density at radius 3 is 2.24 bits per heavy atom. The van der Waals surface area contributed by atoms with Crippen LogP contribution in [0.3, 0.4) is 0 Å². The third-order valence-corrected chi connectivity index (χ3v) is 3.11. The number of ether oxygens (including phenoxy) is 1. The van der Waals surface area contributed by atoms with Crippen molar-refractivity contribution in [1.82, 2.24) is 4.90 Å². The van der Waals surface area contributed by atoms with Crippen molar-refractivity contribution in [3.8, 4) is 0 Å². The molecule has 0 N–H and O–H groups in total. The summed E-state index contributed by atoms with van der Waals surface area (Å²) in [6.45, 7) is 0.843. The van der Waals surface area contributed by atoms with E-state index >= 15 is 0 Å². The Morgan fingerprint density at radius 2 is 1.71 bits per heavy atom. The second-order valence-corrected chi connectivity index (χ2v) is 4.24. The van der Waals surface area contributed by atoms with E-state index in [0.29, 0.717) is 13.2 Å². The predicted octanol–water partition coefficient (Wildman–Crippen LogP) is 0.837. The van der Waals surface area contributed by atoms with Crippen molar-refractivity contribution in [3.63, 3.8) is 0 Å². The number of imide groups is 1. The van der Waals surface area contributed by atoms with Crippen molar-refractivity contribution in [2.75, 3.05) is 13.2 Å². The lowest BCUT2D eigenvalue weighted by Crippen LogP contribution is -2.37. The molecular weight excluding hydrogens is 218 g/mol. The molecule has 1 aromatic carbocycles. The van der Waals surface area contributed by atoms with Crippen LogP contribution in [-0.4, -0.2) is 29.9 Å². The van der Waals surface area contributed by atoms with E-state index in [1.54, 1.807) is 0 Å². The van der Waals surface area contributed by atoms with Gasteiger partial charge in [-0.05, 0) is 5.56 Å². The zero-order chi connectivity index (χ0) is 11.9. The minimum absolute atomic E-state index is 0.263. The highest BCUT2D eigenvalue weighted by molar-refractivity contribution is 6.12. The predicted molar refractivity (Wildman–Crippen MR) is 59.9 cm³/mol. The fourth-order valence-electron chi connectivity index (χ4n) is 2.02. The smallest absolute Gasteiger partial charge is 0.253 e. The highest BCUT2D eigenvalue weighted by Crippen LogP contribution is 2.39. The SMILES string of the molecule is O=C1C=CC(=O)N1CC1(c2ccccc2)CO1. The second-order valence-electron chi connectivity index (χ2n) is 4.24. The van der Waals surface area contributed by atoms with Crippen LogP contribution >= 0.6 is 0 Å². The van der Waals surface area contributed by atoms with Gasteiger partial charge in [0.05, 0.1) is 13.2 Å². The summed E-state index contributed by atoms with van der Waals surface area (Å²) in [6, 6.07) is 9.67. The van der Waals surface area contributed by atoms with Crippen LogP contribution in [0.25, 0.3) is 0 Å². The molecule has 1 atom stereocenters. The van der Waals surface area contributed by atoms with Crippen LogP contribution in [0, 0.1) is 0 Å². The van der Waals surface area contributed by atoms with Crippen LogP contribution in [0.5, 0.6) is 0 Å². The largest absolute Gasteiger partial charge is 0.363 e. The van der Waals surface area contributed by atoms with Crippen LogP contribution in [0.1, 0.15) is 5.56 Å². The molecule has 1 saturated heterocycles. The molecular formula is C13H11NO3. The molecule has 17 heavy (non-hydrogen) atoms. The third-order valence-electron chi connectivity index (χ3n) is 3.11. The summed E-state index contributed by atoms with van der Waals surface area (Å²) in [5.74, 6) is -0.526. The van der Waals surface area contributed by atoms with Gasteiger partial charge in [0.25, 0.3) is 11.8 Å². The van der Waals surface area contributed by atoms with Gasteiger partial charge in [0, 0.05) is 12.2 Å². The van der Waals surface area contributed by atoms with Gasteiger partial charge in [0.15, 0.2) is 0 Å². The first-order chi connectivity index (χ1) is 8.21. The standard InChI is InChI=1S/C13H11NO3/c15-11-6-7-12(16)14(11)8-13(9-17-13)10-4-2-1-3-5-10/h1-7H,8-9H2. The first kappa shape index (κ1) is 10.2. The summed E-state index contributed by atoms with van der Waals surface area (Å²) in [6.07, 6.45) is 2.59. The average molecular weight is 229 g/mol. The van der Waals surface area contributed by atoms with Crippen LogP contribution in [-0.2, 0) is 19.9 Å². The van der Waals surface area contributed by atoms with Gasteiger partial charge >= 0.3 is 0 Å². The number of rotatable bonds is 3. The van der Waals surface area contributed by atoms with E-state index in [1.165, 1.54) is 17.1 Å². The monoisotopic (exact) mass is 229 g/mol. The lowest BCUT2D eigenvalue weighted by Gasteiger charge is -2.19. The van der Waals surface area contributed by atoms with Gasteiger partial charge < -0.3 is 4.74 Å². The molecule has 0 saturated carbocycles. The number of hydrogen-bond donors (Lipinski definition) is 0. The van der Waals surface area contributed by atoms with E-state index in [-0.39, 0.29) is 11.8 Å². The summed E-state index contributed by atoms with van der Waals surface area (Å²) >= 11 is 0. The van der Waals surface area contributed by atoms with Crippen molar-refractivity contribution in [3.05, 3.63) is 48.0 Å². The Kier molecular flexibility index (Phi) is 2.12. The number of epoxide rings is 1. The van der Waals surface area contributed by atoms with E-state index in [2.05, 4.69) is 0 Å². The molecule has 2 heterocycles. The summed E-state index contributed by atoms with van der Waals surface area (Å²) in [5.41, 5.74) is 0.519. The van der Waals surface area contributed by atoms with Crippen molar-refractivity contribution in [1.29, 1.82) is 0 Å². The molecule has 4 nitrogen and oxygen atoms in total. The maximum absolute atomic E-state index is 11.5. The fraction of sp³-hybridized carbons (Fsp3) is 0.231. The van der Waals surface area contributed by atoms with Gasteiger partial charge in [-0.25, -0.2) is 0 Å². The molecule has 2 amide bonds. The lowest BCUT2D eigenvalue weighted by atomic mass is 9.99. The number of amides is 2. The quantitative estimate of drug-likeness (QED) is 0.570. The number of carbonyl (C=O) groups is 2. The van der Waals surface area contributed by atoms with E-state index in [0.717, 1.165) is 5.56 Å². The Balaban J connectivity index is 1.82. The van der Waals surface area contributed by atoms with E-state index in [1.807, 2.05) is 30.3 Å². The van der Waals surface area contributed by atoms with Crippen molar-refractivity contribution < 1.29 is 14.3 Å². The second kappa shape index (κ2) is 3.53. The van der Waals surface area contributed by atoms with Crippen LogP contribution < -0.4 is 0 Å². The molecule has 2 aliphatic rings. The average Bonchev–Trinajstić information content (AvgIpc) is 3.08. The maximum Gasteiger partial charge on any atom is 0.253 e. The number of hydrogen-bond acceptors (Lipinski definition) is 3. The molecule has 2 aliphatic heterocycles. The van der Waals surface area contributed by atoms with E-state index < -0.39 is 5.60 Å². The zero-order valence-electron chi connectivity index (χ0n) is 9.13. The number of carbonyl (C=O) groups excluding carboxylic acids is 2. The van der Waals surface area contributed by atoms with E-state index in [4.69, 9.17) is 4.74 Å². The molecule has 86 valence electrons. The van der Waals surface area contributed by atoms with Crippen molar-refractivity contribution in [2.45, 2.75) is 5.60 Å². The fourth-order valence-corrected chi connectivity index (χ4v) is 2.02. The summed E-state index contributed by atoms with van der Waals surface area (Å²) in [4.78, 5) is 24.2. The third kappa shape index (κ3) is 1.66. The number of nitrogens with zero attached hydrogens (tertiary/aromatic N) is 1. The molecule has 0 bridgehead atoms. The maximum atomic E-state index is 11.5. The zero-order valence-corrected chi connectivity index (χ0v) is 9.13. The molecule has 0 spiro atoms. The Morgan fingerprint density at radius 1 is 1.12 bits per heavy atom. The first-order valence-corrected chi connectivity index (χ1v) is 5.44. The Bertz CT molecular complexity index is 485. The molecule has 0 aliphatic carbocycles. The summed E-state index contributed by atoms with van der Waals surface area (Å²) in [5, 5.41) is 0. The van der Waals surface area contributed by atoms with Gasteiger partial charge in [-0.15, -0.1) is 0 Å². The molecule has 0 radical (unpaired) electrons. The Hall–Kier alpha value is -1.94. The highest BCUT2D eigenvalue weighted by atomic mass is 16.6. The van der Waals surface area contributed by atoms with E-state index in [9.17, 15) is 9.59 Å². The normalized spacial score (nSPS) is 26.7. The molecule has 1 unspecified atom stereocenters. The molecule has 1 fully saturated rings. The van der Waals surface area contributed by atoms with Crippen molar-refractivity contribution >= 4 is 11.8 Å². The first-order valence-electron chi connectivity index (χ1n) is 5.44. The summed E-state index contributed by atoms with van der Waals surface area (Å²) < 4.78 is 5.47. The topological polar surface area (TPSA) is 49.9 Å². The minimum atomic E-state index is -0.488. The lowest BCUT2D eigenvalue weighted by molar-refractivity contribution is -0.137. The van der Waals surface area contributed by atoms with Crippen LogP contribution in [0.2, 0.25) is 0 Å². The molecule has 0 aromatic heterocycles. The molecule has 1 aromatic rings. The van der Waals surface area contributed by atoms with Gasteiger partial charge in [-0.1, -0.05) is 30.3 Å². The van der Waals surface area contributed by atoms with Crippen molar-refractivity contribution in [2.24, 2.45) is 0 Å². The summed E-state index contributed by atoms with van der Waals surface area (Å²) in [7, 11) is 0. The minimum Gasteiger partial charge on any atom is -0.363 e. The van der Waals surface area contributed by atoms with Crippen LogP contribution in [0.4, 0.5) is 0 Å². The van der Waals surface area contributed by atoms with Gasteiger partial charge in [0.1, 0.15) is 5.60 Å². The highest BCUT2D eigenvalue weighted by Gasteiger charge is 2.49. The van der Waals surface area contributed by atoms with Gasteiger partial charge in [-0.3, -0.25) is 14.5 Å². The molecule has 3 rings (SSSR count). The van der Waals surface area contributed by atoms with Crippen LogP contribution in [0.15, 0.2) is 42.5 Å². The molecule has 4 heteroatoms. The van der Waals surface area contributed by atoms with Gasteiger partial charge in [0.2, 0.25) is 0 Å². The Labute approximate surface area is 98.5 Å².